The SMILES string of the molecule is C=C/C(F)=C\C=C\NC(=O)C1(C(=O)O)CC1. The fourth-order valence-electron chi connectivity index (χ4n) is 1.13. The molecule has 0 saturated heterocycles. The molecule has 86 valence electrons. The molecule has 0 atom stereocenters. The summed E-state index contributed by atoms with van der Waals surface area (Å²) in [6.07, 6.45) is 5.29. The van der Waals surface area contributed by atoms with Gasteiger partial charge in [0.15, 0.2) is 0 Å². The van der Waals surface area contributed by atoms with E-state index in [4.69, 9.17) is 5.11 Å². The van der Waals surface area contributed by atoms with E-state index < -0.39 is 23.1 Å². The number of carbonyl (C=O) groups is 2. The zero-order valence-corrected chi connectivity index (χ0v) is 8.57. The second-order valence-electron chi connectivity index (χ2n) is 3.48. The van der Waals surface area contributed by atoms with Crippen LogP contribution in [-0.4, -0.2) is 17.0 Å². The van der Waals surface area contributed by atoms with Crippen molar-refractivity contribution in [3.05, 3.63) is 36.8 Å². The number of carboxylic acid groups (broad SMARTS) is 1. The van der Waals surface area contributed by atoms with Crippen molar-refractivity contribution < 1.29 is 19.1 Å². The molecule has 1 fully saturated rings. The van der Waals surface area contributed by atoms with E-state index in [-0.39, 0.29) is 0 Å². The van der Waals surface area contributed by atoms with Gasteiger partial charge in [-0.15, -0.1) is 0 Å². The lowest BCUT2D eigenvalue weighted by Crippen LogP contribution is -2.34. The first kappa shape index (κ1) is 12.2. The number of carboxylic acids is 1. The first-order chi connectivity index (χ1) is 7.53. The first-order valence-corrected chi connectivity index (χ1v) is 4.72. The minimum atomic E-state index is -1.27. The van der Waals surface area contributed by atoms with E-state index in [1.165, 1.54) is 12.3 Å². The lowest BCUT2D eigenvalue weighted by atomic mass is 10.1. The van der Waals surface area contributed by atoms with Gasteiger partial charge in [0.1, 0.15) is 11.2 Å². The maximum atomic E-state index is 12.5. The van der Waals surface area contributed by atoms with Crippen LogP contribution in [0.2, 0.25) is 0 Å². The largest absolute Gasteiger partial charge is 0.480 e. The standard InChI is InChI=1S/C11H12FNO3/c1-2-8(12)4-3-7-13-9(14)11(5-6-11)10(15)16/h2-4,7H,1,5-6H2,(H,13,14)(H,15,16)/b7-3+,8-4+. The van der Waals surface area contributed by atoms with Crippen molar-refractivity contribution in [2.75, 3.05) is 0 Å². The zero-order valence-electron chi connectivity index (χ0n) is 8.57. The molecule has 0 aliphatic heterocycles. The summed E-state index contributed by atoms with van der Waals surface area (Å²) < 4.78 is 12.5. The molecule has 0 unspecified atom stereocenters. The highest BCUT2D eigenvalue weighted by Gasteiger charge is 2.56. The van der Waals surface area contributed by atoms with Gasteiger partial charge in [-0.05, 0) is 31.1 Å². The highest BCUT2D eigenvalue weighted by molar-refractivity contribution is 6.05. The summed E-state index contributed by atoms with van der Waals surface area (Å²) in [5, 5.41) is 11.1. The zero-order chi connectivity index (χ0) is 12.2. The van der Waals surface area contributed by atoms with Crippen LogP contribution < -0.4 is 5.32 Å². The van der Waals surface area contributed by atoms with Crippen LogP contribution in [0.4, 0.5) is 4.39 Å². The third kappa shape index (κ3) is 2.56. The summed E-state index contributed by atoms with van der Waals surface area (Å²) in [4.78, 5) is 22.1. The lowest BCUT2D eigenvalue weighted by Gasteiger charge is -2.06. The minimum Gasteiger partial charge on any atom is -0.480 e. The van der Waals surface area contributed by atoms with Crippen LogP contribution in [0.1, 0.15) is 12.8 Å². The predicted octanol–water partition coefficient (Wildman–Crippen LogP) is 1.52. The number of hydrogen-bond acceptors (Lipinski definition) is 2. The Bertz CT molecular complexity index is 381. The van der Waals surface area contributed by atoms with Gasteiger partial charge in [0.05, 0.1) is 0 Å². The second-order valence-corrected chi connectivity index (χ2v) is 3.48. The van der Waals surface area contributed by atoms with Gasteiger partial charge in [0.2, 0.25) is 5.91 Å². The van der Waals surface area contributed by atoms with Crippen LogP contribution >= 0.6 is 0 Å². The number of nitrogens with one attached hydrogen (secondary N) is 1. The predicted molar refractivity (Wildman–Crippen MR) is 56.0 cm³/mol. The highest BCUT2D eigenvalue weighted by atomic mass is 19.1. The minimum absolute atomic E-state index is 0.346. The van der Waals surface area contributed by atoms with Crippen LogP contribution in [0.25, 0.3) is 0 Å². The molecule has 0 bridgehead atoms. The maximum absolute atomic E-state index is 12.5. The molecule has 0 spiro atoms. The molecule has 0 radical (unpaired) electrons. The molecule has 0 aromatic carbocycles. The van der Waals surface area contributed by atoms with Crippen molar-refractivity contribution >= 4 is 11.9 Å². The number of amides is 1. The first-order valence-electron chi connectivity index (χ1n) is 4.72. The van der Waals surface area contributed by atoms with Crippen molar-refractivity contribution in [3.63, 3.8) is 0 Å². The monoisotopic (exact) mass is 225 g/mol. The molecule has 1 aliphatic rings. The van der Waals surface area contributed by atoms with Crippen LogP contribution in [0.5, 0.6) is 0 Å². The smallest absolute Gasteiger partial charge is 0.319 e. The maximum Gasteiger partial charge on any atom is 0.319 e. The third-order valence-electron chi connectivity index (χ3n) is 2.36. The molecule has 2 N–H and O–H groups in total. The normalized spacial score (nSPS) is 18.2. The Morgan fingerprint density at radius 1 is 1.44 bits per heavy atom. The molecule has 5 heteroatoms. The van der Waals surface area contributed by atoms with E-state index in [1.807, 2.05) is 0 Å². The second kappa shape index (κ2) is 4.74. The quantitative estimate of drug-likeness (QED) is 0.550. The summed E-state index contributed by atoms with van der Waals surface area (Å²) >= 11 is 0. The fourth-order valence-corrected chi connectivity index (χ4v) is 1.13. The van der Waals surface area contributed by atoms with Crippen LogP contribution in [0, 0.1) is 5.41 Å². The van der Waals surface area contributed by atoms with Crippen LogP contribution in [0.3, 0.4) is 0 Å². The van der Waals surface area contributed by atoms with Crippen LogP contribution in [-0.2, 0) is 9.59 Å². The van der Waals surface area contributed by atoms with E-state index in [2.05, 4.69) is 11.9 Å². The molecule has 1 saturated carbocycles. The number of hydrogen-bond donors (Lipinski definition) is 2. The third-order valence-corrected chi connectivity index (χ3v) is 2.36. The summed E-state index contributed by atoms with van der Waals surface area (Å²) in [5.41, 5.74) is -1.27. The summed E-state index contributed by atoms with van der Waals surface area (Å²) in [6, 6.07) is 0. The Labute approximate surface area is 92.1 Å². The number of carbonyl (C=O) groups excluding carboxylic acids is 1. The van der Waals surface area contributed by atoms with Crippen molar-refractivity contribution in [2.45, 2.75) is 12.8 Å². The Kier molecular flexibility index (Phi) is 3.60. The summed E-state index contributed by atoms with van der Waals surface area (Å²) in [7, 11) is 0. The van der Waals surface area contributed by atoms with Crippen molar-refractivity contribution in [1.29, 1.82) is 0 Å². The Morgan fingerprint density at radius 3 is 2.50 bits per heavy atom. The van der Waals surface area contributed by atoms with Gasteiger partial charge in [0.25, 0.3) is 0 Å². The van der Waals surface area contributed by atoms with Crippen molar-refractivity contribution in [3.8, 4) is 0 Å². The number of aliphatic carboxylic acids is 1. The van der Waals surface area contributed by atoms with Crippen molar-refractivity contribution in [2.24, 2.45) is 5.41 Å². The molecular weight excluding hydrogens is 213 g/mol. The summed E-state index contributed by atoms with van der Waals surface area (Å²) in [5.74, 6) is -2.22. The Morgan fingerprint density at radius 2 is 2.06 bits per heavy atom. The average molecular weight is 225 g/mol. The number of halogens is 1. The molecule has 0 heterocycles. The van der Waals surface area contributed by atoms with E-state index in [9.17, 15) is 14.0 Å². The van der Waals surface area contributed by atoms with Crippen LogP contribution in [0.15, 0.2) is 36.8 Å². The van der Waals surface area contributed by atoms with Gasteiger partial charge in [-0.25, -0.2) is 4.39 Å². The molecular formula is C11H12FNO3. The Hall–Kier alpha value is -1.91. The average Bonchev–Trinajstić information content (AvgIpc) is 3.04. The van der Waals surface area contributed by atoms with Gasteiger partial charge in [-0.2, -0.15) is 0 Å². The molecule has 0 aromatic heterocycles. The number of rotatable bonds is 5. The van der Waals surface area contributed by atoms with Crippen molar-refractivity contribution in [1.82, 2.24) is 5.32 Å². The molecule has 16 heavy (non-hydrogen) atoms. The van der Waals surface area contributed by atoms with Gasteiger partial charge < -0.3 is 10.4 Å². The molecule has 1 amide bonds. The molecule has 4 nitrogen and oxygen atoms in total. The molecule has 1 aliphatic carbocycles. The lowest BCUT2D eigenvalue weighted by molar-refractivity contribution is -0.148. The molecule has 0 aromatic rings. The van der Waals surface area contributed by atoms with Gasteiger partial charge >= 0.3 is 5.97 Å². The van der Waals surface area contributed by atoms with Gasteiger partial charge in [0, 0.05) is 6.20 Å². The van der Waals surface area contributed by atoms with E-state index >= 15 is 0 Å². The van der Waals surface area contributed by atoms with Gasteiger partial charge in [-0.3, -0.25) is 9.59 Å². The van der Waals surface area contributed by atoms with E-state index in [0.29, 0.717) is 12.8 Å². The van der Waals surface area contributed by atoms with E-state index in [1.54, 1.807) is 0 Å². The van der Waals surface area contributed by atoms with Gasteiger partial charge in [-0.1, -0.05) is 6.58 Å². The number of allylic oxidation sites excluding steroid dienone is 4. The highest BCUT2D eigenvalue weighted by Crippen LogP contribution is 2.45. The topological polar surface area (TPSA) is 66.4 Å². The van der Waals surface area contributed by atoms with E-state index in [0.717, 1.165) is 12.2 Å². The Balaban J connectivity index is 2.48. The molecule has 1 rings (SSSR count). The fraction of sp³-hybridized carbons (Fsp3) is 0.273. The summed E-state index contributed by atoms with van der Waals surface area (Å²) in [6.45, 7) is 3.20.